The van der Waals surface area contributed by atoms with Gasteiger partial charge in [-0.1, -0.05) is 291 Å². The van der Waals surface area contributed by atoms with Gasteiger partial charge in [0, 0.05) is 22.4 Å². The van der Waals surface area contributed by atoms with E-state index in [0.717, 1.165) is 67.1 Å². The highest BCUT2D eigenvalue weighted by Gasteiger charge is 2.48. The number of nitrogens with one attached hydrogen (secondary N) is 2. The highest BCUT2D eigenvalue weighted by Crippen LogP contribution is 2.58. The molecule has 0 spiro atoms. The lowest BCUT2D eigenvalue weighted by Gasteiger charge is -2.34. The van der Waals surface area contributed by atoms with Gasteiger partial charge in [0.1, 0.15) is 12.0 Å². The number of aliphatic imine (C=N–C) groups is 2. The van der Waals surface area contributed by atoms with Gasteiger partial charge in [0.2, 0.25) is 0 Å². The third-order valence-electron chi connectivity index (χ3n) is 17.9. The van der Waals surface area contributed by atoms with E-state index in [0.29, 0.717) is 0 Å². The van der Waals surface area contributed by atoms with Crippen molar-refractivity contribution in [1.29, 1.82) is 0 Å². The molecule has 2 heterocycles. The maximum absolute atomic E-state index is 5.60. The van der Waals surface area contributed by atoms with E-state index in [9.17, 15) is 0 Å². The fourth-order valence-electron chi connectivity index (χ4n) is 14.3. The first-order valence-electron chi connectivity index (χ1n) is 29.1. The summed E-state index contributed by atoms with van der Waals surface area (Å²) < 4.78 is 0. The summed E-state index contributed by atoms with van der Waals surface area (Å²) in [5.41, 5.74) is 23.3. The second-order valence-electron chi connectivity index (χ2n) is 22.4. The minimum absolute atomic E-state index is 0.228. The second-order valence-corrected chi connectivity index (χ2v) is 22.4. The van der Waals surface area contributed by atoms with Crippen molar-refractivity contribution in [3.8, 4) is 22.3 Å². The van der Waals surface area contributed by atoms with Crippen molar-refractivity contribution >= 4 is 33.7 Å². The van der Waals surface area contributed by atoms with Crippen molar-refractivity contribution in [3.63, 3.8) is 0 Å². The van der Waals surface area contributed by atoms with Gasteiger partial charge in [0.25, 0.3) is 0 Å². The number of hydrogen-bond acceptors (Lipinski definition) is 4. The van der Waals surface area contributed by atoms with Crippen molar-refractivity contribution in [2.24, 2.45) is 9.98 Å². The maximum Gasteiger partial charge on any atom is 0.145 e. The molecule has 0 aromatic heterocycles. The van der Waals surface area contributed by atoms with Gasteiger partial charge in [-0.25, -0.2) is 4.99 Å². The smallest absolute Gasteiger partial charge is 0.145 e. The number of fused-ring (bicyclic) bond motifs is 7. The van der Waals surface area contributed by atoms with E-state index in [4.69, 9.17) is 9.98 Å². The lowest BCUT2D eigenvalue weighted by molar-refractivity contribution is 0.664. The average molecular weight is 1070 g/mol. The molecule has 12 aromatic rings. The summed E-state index contributed by atoms with van der Waals surface area (Å²) in [4.78, 5) is 11.1. The van der Waals surface area contributed by atoms with Crippen LogP contribution in [0.3, 0.4) is 0 Å². The first kappa shape index (κ1) is 49.2. The first-order valence-corrected chi connectivity index (χ1v) is 29.1. The fraction of sp³-hybridized carbons (Fsp3) is 0.0500. The van der Waals surface area contributed by atoms with Crippen LogP contribution in [0, 0.1) is 0 Å². The highest BCUT2D eigenvalue weighted by atomic mass is 15.1. The summed E-state index contributed by atoms with van der Waals surface area (Å²) >= 11 is 0. The molecule has 2 aliphatic carbocycles. The van der Waals surface area contributed by atoms with Gasteiger partial charge < -0.3 is 10.6 Å². The van der Waals surface area contributed by atoms with Crippen molar-refractivity contribution in [2.75, 3.05) is 0 Å². The Morgan fingerprint density at radius 2 is 0.786 bits per heavy atom. The minimum atomic E-state index is -0.540. The van der Waals surface area contributed by atoms with Crippen molar-refractivity contribution in [2.45, 2.75) is 23.0 Å². The highest BCUT2D eigenvalue weighted by molar-refractivity contribution is 6.20. The molecule has 2 unspecified atom stereocenters. The number of allylic oxidation sites excluding steroid dienone is 1. The standard InChI is InChI=1S/C80H56N4/c1-7-25-53(26-8-1)77-81-73(55-45-47-65-63-37-19-21-43-69(63)79(71(65)49-55,57-29-11-3-12-30-57)58-31-13-4-14-32-58)51-75(83-77)67-41-23-40-62-61(67)39-24-42-68(62)76-52-74(82-78(84-76)54-27-9-2-10-28-54)56-46-48-66-64-38-20-22-44-70(64)80(72(66)50-56,59-33-15-5-16-34-59)60-35-17-6-18-36-60/h1-52,75,78,82H,(H,81,83). The Morgan fingerprint density at radius 3 is 1.36 bits per heavy atom. The molecule has 12 aromatic carbocycles. The molecule has 0 fully saturated rings. The van der Waals surface area contributed by atoms with Crippen LogP contribution in [-0.4, -0.2) is 11.5 Å². The van der Waals surface area contributed by atoms with Crippen LogP contribution in [-0.2, 0) is 10.8 Å². The number of nitrogens with zero attached hydrogens (tertiary/aromatic N) is 2. The Morgan fingerprint density at radius 1 is 0.333 bits per heavy atom. The van der Waals surface area contributed by atoms with Crippen LogP contribution in [0.5, 0.6) is 0 Å². The van der Waals surface area contributed by atoms with Gasteiger partial charge in [0.15, 0.2) is 0 Å². The number of hydrogen-bond donors (Lipinski definition) is 2. The molecule has 2 N–H and O–H groups in total. The molecule has 0 amide bonds. The molecule has 16 rings (SSSR count). The summed E-state index contributed by atoms with van der Waals surface area (Å²) in [5, 5.41) is 10.2. The van der Waals surface area contributed by atoms with Crippen LogP contribution in [0.4, 0.5) is 0 Å². The number of rotatable bonds is 10. The lowest BCUT2D eigenvalue weighted by Crippen LogP contribution is -2.31. The molecular formula is C80H56N4. The zero-order valence-corrected chi connectivity index (χ0v) is 46.1. The molecular weight excluding hydrogens is 1020 g/mol. The van der Waals surface area contributed by atoms with Crippen molar-refractivity contribution < 1.29 is 0 Å². The van der Waals surface area contributed by atoms with Crippen LogP contribution in [0.2, 0.25) is 0 Å². The van der Waals surface area contributed by atoms with Gasteiger partial charge in [-0.3, -0.25) is 4.99 Å². The van der Waals surface area contributed by atoms with Gasteiger partial charge >= 0.3 is 0 Å². The van der Waals surface area contributed by atoms with Crippen LogP contribution in [0.1, 0.15) is 90.1 Å². The third-order valence-corrected chi connectivity index (χ3v) is 17.9. The molecule has 0 bridgehead atoms. The van der Waals surface area contributed by atoms with Crippen LogP contribution in [0.15, 0.2) is 325 Å². The van der Waals surface area contributed by atoms with E-state index >= 15 is 0 Å². The average Bonchev–Trinajstić information content (AvgIpc) is 1.87. The Hall–Kier alpha value is -10.7. The van der Waals surface area contributed by atoms with Gasteiger partial charge in [-0.15, -0.1) is 0 Å². The molecule has 4 nitrogen and oxygen atoms in total. The Balaban J connectivity index is 0.840. The zero-order valence-electron chi connectivity index (χ0n) is 46.1. The molecule has 2 atom stereocenters. The molecule has 4 heteroatoms. The van der Waals surface area contributed by atoms with E-state index in [1.165, 1.54) is 66.8 Å². The minimum Gasteiger partial charge on any atom is -0.360 e. The number of benzene rings is 12. The molecule has 396 valence electrons. The Bertz CT molecular complexity index is 4560. The molecule has 0 radical (unpaired) electrons. The van der Waals surface area contributed by atoms with E-state index in [1.807, 2.05) is 0 Å². The van der Waals surface area contributed by atoms with E-state index in [2.05, 4.69) is 326 Å². The Kier molecular flexibility index (Phi) is 11.8. The van der Waals surface area contributed by atoms with E-state index in [-0.39, 0.29) is 12.2 Å². The Labute approximate surface area is 490 Å². The van der Waals surface area contributed by atoms with Crippen LogP contribution < -0.4 is 10.6 Å². The summed E-state index contributed by atoms with van der Waals surface area (Å²) in [5.74, 6) is 0.828. The predicted molar refractivity (Wildman–Crippen MR) is 345 cm³/mol. The van der Waals surface area contributed by atoms with E-state index in [1.54, 1.807) is 0 Å². The zero-order chi connectivity index (χ0) is 55.6. The van der Waals surface area contributed by atoms with Gasteiger partial charge in [0.05, 0.1) is 28.3 Å². The first-order chi connectivity index (χ1) is 41.6. The third kappa shape index (κ3) is 7.75. The van der Waals surface area contributed by atoms with Crippen molar-refractivity contribution in [3.05, 3.63) is 393 Å². The SMILES string of the molecule is C1=C(c2ccc3c(c2)C(c2ccccc2)(c2ccccc2)c2ccccc2-3)N=C(c2ccccc2)NC1c1cccc2c(C3=NC(c4ccccc4)NC(c4ccc5c(c4)C(c4ccccc4)(c4ccccc4)c4ccccc4-5)=C3)cccc12. The summed E-state index contributed by atoms with van der Waals surface area (Å²) in [6.07, 6.45) is 4.26. The molecule has 2 aliphatic heterocycles. The molecule has 84 heavy (non-hydrogen) atoms. The predicted octanol–water partition coefficient (Wildman–Crippen LogP) is 17.8. The number of amidine groups is 1. The maximum atomic E-state index is 5.60. The summed E-state index contributed by atoms with van der Waals surface area (Å²) in [7, 11) is 0. The van der Waals surface area contributed by atoms with Gasteiger partial charge in [-0.05, 0) is 119 Å². The molecule has 4 aliphatic rings. The molecule has 0 saturated carbocycles. The summed E-state index contributed by atoms with van der Waals surface area (Å²) in [6, 6.07) is 110. The monoisotopic (exact) mass is 1070 g/mol. The normalized spacial score (nSPS) is 16.8. The molecule has 0 saturated heterocycles. The van der Waals surface area contributed by atoms with Crippen molar-refractivity contribution in [1.82, 2.24) is 10.6 Å². The summed E-state index contributed by atoms with van der Waals surface area (Å²) in [6.45, 7) is 0. The van der Waals surface area contributed by atoms with Crippen LogP contribution in [0.25, 0.3) is 44.4 Å². The van der Waals surface area contributed by atoms with E-state index < -0.39 is 10.8 Å². The topological polar surface area (TPSA) is 48.8 Å². The quantitative estimate of drug-likeness (QED) is 0.143. The lowest BCUT2D eigenvalue weighted by atomic mass is 9.67. The van der Waals surface area contributed by atoms with Crippen LogP contribution >= 0.6 is 0 Å². The largest absolute Gasteiger partial charge is 0.360 e. The van der Waals surface area contributed by atoms with Gasteiger partial charge in [-0.2, -0.15) is 0 Å². The fourth-order valence-corrected chi connectivity index (χ4v) is 14.3. The second kappa shape index (κ2) is 20.1.